The number of hydrogen-bond donors (Lipinski definition) is 1. The van der Waals surface area contributed by atoms with Crippen molar-refractivity contribution < 1.29 is 9.47 Å². The highest BCUT2D eigenvalue weighted by atomic mass is 16.5. The molecule has 0 spiro atoms. The molecule has 0 unspecified atom stereocenters. The molecule has 0 fully saturated rings. The quantitative estimate of drug-likeness (QED) is 0.683. The maximum absolute atomic E-state index is 6.11. The minimum Gasteiger partial charge on any atom is -0.394 e. The second kappa shape index (κ2) is 8.01. The van der Waals surface area contributed by atoms with Gasteiger partial charge in [0.05, 0.1) is 24.6 Å². The summed E-state index contributed by atoms with van der Waals surface area (Å²) >= 11 is 0. The van der Waals surface area contributed by atoms with Gasteiger partial charge in [0.1, 0.15) is 0 Å². The van der Waals surface area contributed by atoms with Gasteiger partial charge in [0, 0.05) is 33.4 Å². The van der Waals surface area contributed by atoms with Gasteiger partial charge >= 0.3 is 0 Å². The summed E-state index contributed by atoms with van der Waals surface area (Å²) in [7, 11) is 1.91. The van der Waals surface area contributed by atoms with Crippen molar-refractivity contribution in [1.29, 1.82) is 0 Å². The third kappa shape index (κ3) is 4.40. The highest BCUT2D eigenvalue weighted by molar-refractivity contribution is 5.66. The minimum absolute atomic E-state index is 0.673. The summed E-state index contributed by atoms with van der Waals surface area (Å²) in [6.45, 7) is 10.3. The van der Waals surface area contributed by atoms with E-state index in [9.17, 15) is 0 Å². The second-order valence-electron chi connectivity index (χ2n) is 4.33. The molecule has 19 heavy (non-hydrogen) atoms. The van der Waals surface area contributed by atoms with Crippen LogP contribution in [0, 0.1) is 6.92 Å². The van der Waals surface area contributed by atoms with Crippen LogP contribution in [0.25, 0.3) is 0 Å². The lowest BCUT2D eigenvalue weighted by molar-refractivity contribution is 0.141. The molecule has 0 aromatic carbocycles. The van der Waals surface area contributed by atoms with Crippen molar-refractivity contribution in [3.63, 3.8) is 0 Å². The lowest BCUT2D eigenvalue weighted by Gasteiger charge is -2.25. The monoisotopic (exact) mass is 270 g/mol. The van der Waals surface area contributed by atoms with Crippen molar-refractivity contribution in [2.75, 3.05) is 50.2 Å². The fourth-order valence-electron chi connectivity index (χ4n) is 2.00. The maximum Gasteiger partial charge on any atom is 0.150 e. The van der Waals surface area contributed by atoms with Crippen molar-refractivity contribution in [2.24, 2.45) is 7.05 Å². The van der Waals surface area contributed by atoms with E-state index >= 15 is 0 Å². The summed E-state index contributed by atoms with van der Waals surface area (Å²) in [5, 5.41) is 4.36. The standard InChI is InChI=1S/C13H26N4O2/c1-5-18-9-7-17(8-10-19-6-2)13-12(14)11(3)15-16(13)4/h5-10,14H2,1-4H3. The molecule has 0 saturated carbocycles. The average molecular weight is 270 g/mol. The second-order valence-corrected chi connectivity index (χ2v) is 4.33. The van der Waals surface area contributed by atoms with E-state index in [1.165, 1.54) is 0 Å². The third-order valence-corrected chi connectivity index (χ3v) is 2.96. The molecule has 1 aromatic rings. The van der Waals surface area contributed by atoms with E-state index in [0.717, 1.165) is 43.5 Å². The Morgan fingerprint density at radius 2 is 1.68 bits per heavy atom. The summed E-state index contributed by atoms with van der Waals surface area (Å²) in [6.07, 6.45) is 0. The van der Waals surface area contributed by atoms with Gasteiger partial charge in [-0.1, -0.05) is 0 Å². The van der Waals surface area contributed by atoms with Crippen LogP contribution in [0.1, 0.15) is 19.5 Å². The molecule has 0 aliphatic heterocycles. The van der Waals surface area contributed by atoms with Crippen LogP contribution >= 0.6 is 0 Å². The molecule has 0 aliphatic rings. The molecule has 0 saturated heterocycles. The lowest BCUT2D eigenvalue weighted by Crippen LogP contribution is -2.33. The number of nitrogens with two attached hydrogens (primary N) is 1. The van der Waals surface area contributed by atoms with Crippen molar-refractivity contribution in [1.82, 2.24) is 9.78 Å². The van der Waals surface area contributed by atoms with Crippen molar-refractivity contribution in [2.45, 2.75) is 20.8 Å². The van der Waals surface area contributed by atoms with Crippen molar-refractivity contribution in [3.8, 4) is 0 Å². The molecule has 0 amide bonds. The molecule has 1 aromatic heterocycles. The molecule has 0 bridgehead atoms. The molecule has 1 rings (SSSR count). The summed E-state index contributed by atoms with van der Waals surface area (Å²) in [6, 6.07) is 0. The van der Waals surface area contributed by atoms with E-state index in [2.05, 4.69) is 10.00 Å². The Morgan fingerprint density at radius 1 is 1.16 bits per heavy atom. The number of hydrogen-bond acceptors (Lipinski definition) is 5. The van der Waals surface area contributed by atoms with Crippen molar-refractivity contribution >= 4 is 11.5 Å². The van der Waals surface area contributed by atoms with Crippen LogP contribution in [0.15, 0.2) is 0 Å². The minimum atomic E-state index is 0.673. The number of nitrogen functional groups attached to an aromatic ring is 1. The first-order valence-corrected chi connectivity index (χ1v) is 6.81. The molecule has 6 heteroatoms. The number of aromatic nitrogens is 2. The third-order valence-electron chi connectivity index (χ3n) is 2.96. The van der Waals surface area contributed by atoms with E-state index in [1.54, 1.807) is 0 Å². The highest BCUT2D eigenvalue weighted by Gasteiger charge is 2.17. The van der Waals surface area contributed by atoms with Crippen LogP contribution in [0.3, 0.4) is 0 Å². The first-order chi connectivity index (χ1) is 9.11. The summed E-state index contributed by atoms with van der Waals surface area (Å²) in [5.41, 5.74) is 7.69. The molecule has 2 N–H and O–H groups in total. The SMILES string of the molecule is CCOCCN(CCOCC)c1c(N)c(C)nn1C. The summed E-state index contributed by atoms with van der Waals surface area (Å²) in [4.78, 5) is 2.17. The lowest BCUT2D eigenvalue weighted by atomic mass is 10.3. The van der Waals surface area contributed by atoms with E-state index in [-0.39, 0.29) is 0 Å². The fourth-order valence-corrected chi connectivity index (χ4v) is 2.00. The van der Waals surface area contributed by atoms with Gasteiger partial charge in [-0.25, -0.2) is 0 Å². The molecule has 110 valence electrons. The molecule has 0 atom stereocenters. The Labute approximate surface area is 115 Å². The molecular weight excluding hydrogens is 244 g/mol. The predicted octanol–water partition coefficient (Wildman–Crippen LogP) is 1.19. The molecule has 0 radical (unpaired) electrons. The number of ether oxygens (including phenoxy) is 2. The van der Waals surface area contributed by atoms with Gasteiger partial charge in [-0.15, -0.1) is 0 Å². The zero-order chi connectivity index (χ0) is 14.3. The normalized spacial score (nSPS) is 10.9. The van der Waals surface area contributed by atoms with Gasteiger partial charge in [-0.05, 0) is 20.8 Å². The maximum atomic E-state index is 6.11. The Morgan fingerprint density at radius 3 is 2.05 bits per heavy atom. The summed E-state index contributed by atoms with van der Waals surface area (Å²) in [5.74, 6) is 0.942. The Bertz CT molecular complexity index is 369. The van der Waals surface area contributed by atoms with Gasteiger partial charge in [-0.2, -0.15) is 5.10 Å². The van der Waals surface area contributed by atoms with Gasteiger partial charge in [0.25, 0.3) is 0 Å². The molecule has 0 aliphatic carbocycles. The zero-order valence-electron chi connectivity index (χ0n) is 12.5. The molecule has 6 nitrogen and oxygen atoms in total. The van der Waals surface area contributed by atoms with Crippen LogP contribution < -0.4 is 10.6 Å². The van der Waals surface area contributed by atoms with Crippen LogP contribution in [0.2, 0.25) is 0 Å². The Kier molecular flexibility index (Phi) is 6.66. The van der Waals surface area contributed by atoms with E-state index < -0.39 is 0 Å². The Balaban J connectivity index is 2.75. The van der Waals surface area contributed by atoms with E-state index in [0.29, 0.717) is 13.2 Å². The van der Waals surface area contributed by atoms with Crippen LogP contribution in [0.4, 0.5) is 11.5 Å². The van der Waals surface area contributed by atoms with Gasteiger partial charge < -0.3 is 20.1 Å². The van der Waals surface area contributed by atoms with Gasteiger partial charge in [-0.3, -0.25) is 4.68 Å². The predicted molar refractivity (Wildman–Crippen MR) is 77.6 cm³/mol. The zero-order valence-corrected chi connectivity index (χ0v) is 12.5. The average Bonchev–Trinajstić information content (AvgIpc) is 2.62. The molecule has 1 heterocycles. The van der Waals surface area contributed by atoms with Crippen LogP contribution in [-0.2, 0) is 16.5 Å². The molecular formula is C13H26N4O2. The van der Waals surface area contributed by atoms with E-state index in [1.807, 2.05) is 32.5 Å². The van der Waals surface area contributed by atoms with E-state index in [4.69, 9.17) is 15.2 Å². The van der Waals surface area contributed by atoms with Gasteiger partial charge in [0.2, 0.25) is 0 Å². The first kappa shape index (κ1) is 15.8. The fraction of sp³-hybridized carbons (Fsp3) is 0.769. The highest BCUT2D eigenvalue weighted by Crippen LogP contribution is 2.25. The Hall–Kier alpha value is -1.27. The van der Waals surface area contributed by atoms with Crippen LogP contribution in [-0.4, -0.2) is 49.3 Å². The summed E-state index contributed by atoms with van der Waals surface area (Å²) < 4.78 is 12.7. The first-order valence-electron chi connectivity index (χ1n) is 6.81. The topological polar surface area (TPSA) is 65.5 Å². The van der Waals surface area contributed by atoms with Gasteiger partial charge in [0.15, 0.2) is 5.82 Å². The number of anilines is 2. The number of rotatable bonds is 9. The van der Waals surface area contributed by atoms with Crippen LogP contribution in [0.5, 0.6) is 0 Å². The smallest absolute Gasteiger partial charge is 0.150 e. The number of nitrogens with zero attached hydrogens (tertiary/aromatic N) is 3. The number of aryl methyl sites for hydroxylation is 2. The van der Waals surface area contributed by atoms with Crippen molar-refractivity contribution in [3.05, 3.63) is 5.69 Å². The largest absolute Gasteiger partial charge is 0.394 e.